The third-order valence-corrected chi connectivity index (χ3v) is 9.69. The topological polar surface area (TPSA) is 26.3 Å². The van der Waals surface area contributed by atoms with Gasteiger partial charge >= 0.3 is 0 Å². The van der Waals surface area contributed by atoms with Gasteiger partial charge in [-0.3, -0.25) is 0 Å². The summed E-state index contributed by atoms with van der Waals surface area (Å²) in [4.78, 5) is 0. The second kappa shape index (κ2) is 9.57. The smallest absolute Gasteiger partial charge is 0.147 e. The van der Waals surface area contributed by atoms with Gasteiger partial charge in [0, 0.05) is 27.3 Å². The molecule has 0 saturated heterocycles. The lowest BCUT2D eigenvalue weighted by Crippen LogP contribution is -1.92. The van der Waals surface area contributed by atoms with E-state index in [2.05, 4.69) is 0 Å². The van der Waals surface area contributed by atoms with Gasteiger partial charge < -0.3 is 8.83 Å². The Morgan fingerprint density at radius 2 is 0.938 bits per heavy atom. The van der Waals surface area contributed by atoms with Gasteiger partial charge in [-0.1, -0.05) is 139 Å². The van der Waals surface area contributed by atoms with E-state index in [1.165, 1.54) is 0 Å². The Bertz CT molecular complexity index is 3500. The van der Waals surface area contributed by atoms with E-state index in [9.17, 15) is 5.48 Å². The normalized spacial score (nSPS) is 14.5. The zero-order valence-electron chi connectivity index (χ0n) is 33.2. The molecule has 0 fully saturated rings. The highest BCUT2D eigenvalue weighted by atomic mass is 16.3. The molecule has 0 aliphatic heterocycles. The number of furan rings is 2. The lowest BCUT2D eigenvalue weighted by Gasteiger charge is -2.19. The Morgan fingerprint density at radius 3 is 1.67 bits per heavy atom. The molecule has 0 saturated carbocycles. The van der Waals surface area contributed by atoms with Gasteiger partial charge in [-0.15, -0.1) is 0 Å². The number of hydrogen-bond donors (Lipinski definition) is 0. The molecule has 0 aliphatic carbocycles. The fourth-order valence-electron chi connectivity index (χ4n) is 7.67. The van der Waals surface area contributed by atoms with Crippen molar-refractivity contribution in [2.24, 2.45) is 0 Å². The second-order valence-electron chi connectivity index (χ2n) is 12.1. The number of hydrogen-bond acceptors (Lipinski definition) is 2. The van der Waals surface area contributed by atoms with Crippen LogP contribution in [0.5, 0.6) is 0 Å². The molecule has 9 aromatic carbocycles. The summed E-state index contributed by atoms with van der Waals surface area (Å²) in [6, 6.07) is 31.5. The molecule has 0 amide bonds. The molecule has 0 radical (unpaired) electrons. The van der Waals surface area contributed by atoms with Crippen LogP contribution in [0.4, 0.5) is 0 Å². The van der Waals surface area contributed by atoms with Crippen molar-refractivity contribution in [2.75, 3.05) is 0 Å². The van der Waals surface area contributed by atoms with E-state index in [1.54, 1.807) is 0 Å². The summed E-state index contributed by atoms with van der Waals surface area (Å²) < 4.78 is 87.3. The van der Waals surface area contributed by atoms with E-state index < -0.39 is 24.2 Å². The van der Waals surface area contributed by atoms with Gasteiger partial charge in [0.05, 0.1) is 16.4 Å². The summed E-state index contributed by atoms with van der Waals surface area (Å²) in [7, 11) is 0. The second-order valence-corrected chi connectivity index (χ2v) is 12.1. The van der Waals surface area contributed by atoms with Crippen LogP contribution in [0, 0.1) is 0 Å². The van der Waals surface area contributed by atoms with Crippen LogP contribution in [0.3, 0.4) is 0 Å². The summed E-state index contributed by atoms with van der Waals surface area (Å²) in [5.41, 5.74) is 3.66. The van der Waals surface area contributed by atoms with Crippen molar-refractivity contribution < 1.29 is 19.8 Å². The molecule has 0 N–H and O–H groups in total. The summed E-state index contributed by atoms with van der Waals surface area (Å²) in [6.45, 7) is 0. The van der Waals surface area contributed by atoms with Gasteiger partial charge in [0.25, 0.3) is 0 Å². The minimum Gasteiger partial charge on any atom is -0.455 e. The molecular formula is C46H26O2. The largest absolute Gasteiger partial charge is 0.455 e. The van der Waals surface area contributed by atoms with Crippen LogP contribution >= 0.6 is 0 Å². The first-order valence-corrected chi connectivity index (χ1v) is 15.8. The minimum absolute atomic E-state index is 0.121. The van der Waals surface area contributed by atoms with Gasteiger partial charge in [-0.25, -0.2) is 0 Å². The van der Waals surface area contributed by atoms with Crippen molar-refractivity contribution in [2.45, 2.75) is 0 Å². The molecule has 48 heavy (non-hydrogen) atoms. The van der Waals surface area contributed by atoms with Crippen molar-refractivity contribution in [1.29, 1.82) is 0 Å². The van der Waals surface area contributed by atoms with E-state index in [-0.39, 0.29) is 51.3 Å². The molecular weight excluding hydrogens is 585 g/mol. The average Bonchev–Trinajstić information content (AvgIpc) is 3.80. The van der Waals surface area contributed by atoms with Crippen molar-refractivity contribution in [3.05, 3.63) is 158 Å². The van der Waals surface area contributed by atoms with Gasteiger partial charge in [-0.05, 0) is 72.4 Å². The maximum absolute atomic E-state index is 9.59. The van der Waals surface area contributed by atoms with Crippen LogP contribution < -0.4 is 0 Å². The zero-order chi connectivity index (χ0) is 38.3. The molecule has 222 valence electrons. The van der Waals surface area contributed by atoms with E-state index in [4.69, 9.17) is 14.3 Å². The van der Waals surface area contributed by atoms with Gasteiger partial charge in [-0.2, -0.15) is 0 Å². The highest BCUT2D eigenvalue weighted by molar-refractivity contribution is 6.30. The molecule has 2 heterocycles. The summed E-state index contributed by atoms with van der Waals surface area (Å²) in [5, 5.41) is 7.15. The van der Waals surface area contributed by atoms with Crippen LogP contribution in [-0.4, -0.2) is 0 Å². The van der Waals surface area contributed by atoms with Crippen molar-refractivity contribution in [1.82, 2.24) is 0 Å². The van der Waals surface area contributed by atoms with E-state index >= 15 is 0 Å². The van der Waals surface area contributed by atoms with Crippen LogP contribution in [0.1, 0.15) is 11.0 Å². The Hall–Kier alpha value is -6.38. The lowest BCUT2D eigenvalue weighted by molar-refractivity contribution is 0.663. The summed E-state index contributed by atoms with van der Waals surface area (Å²) in [6.07, 6.45) is 0. The van der Waals surface area contributed by atoms with Crippen LogP contribution in [0.15, 0.2) is 166 Å². The standard InChI is InChI=1S/C46H26O2/c1-2-13-28-27(12-1)24-25-30-29(28)20-11-21-32(30)42-33-15-3-5-17-35(33)43(36-18-6-4-16-34(36)42)39-26-38-31-14-7-9-22-40(31)47-45(38)44-37-19-8-10-23-41(37)48-46(39)44/h1-26H/i3D,4D,5D,6D,15D,16D,17D,18D. The first-order valence-electron chi connectivity index (χ1n) is 19.8. The minimum atomic E-state index is -0.463. The zero-order valence-corrected chi connectivity index (χ0v) is 25.2. The van der Waals surface area contributed by atoms with Crippen LogP contribution in [0.2, 0.25) is 0 Å². The molecule has 2 nitrogen and oxygen atoms in total. The third-order valence-electron chi connectivity index (χ3n) is 9.69. The van der Waals surface area contributed by atoms with Crippen molar-refractivity contribution >= 4 is 87.0 Å². The Balaban J connectivity index is 1.45. The van der Waals surface area contributed by atoms with E-state index in [0.717, 1.165) is 37.7 Å². The fraction of sp³-hybridized carbons (Fsp3) is 0. The predicted octanol–water partition coefficient (Wildman–Crippen LogP) is 13.4. The predicted molar refractivity (Wildman–Crippen MR) is 202 cm³/mol. The molecule has 11 aromatic rings. The van der Waals surface area contributed by atoms with Crippen LogP contribution in [0.25, 0.3) is 109 Å². The maximum atomic E-state index is 9.59. The monoisotopic (exact) mass is 618 g/mol. The SMILES string of the molecule is [2H]c1c([2H])c([2H])c2c(-c3cc4c5ccccc5oc4c4c3oc3ccccc34)c3c([2H])c([2H])c([2H])c([2H])c3c(-c3cccc4c3ccc3ccccc34)c2c1[2H]. The number of fused-ring (bicyclic) bond motifs is 12. The molecule has 0 bridgehead atoms. The Morgan fingerprint density at radius 1 is 0.375 bits per heavy atom. The third kappa shape index (κ3) is 3.41. The molecule has 2 heteroatoms. The molecule has 0 atom stereocenters. The molecule has 0 unspecified atom stereocenters. The summed E-state index contributed by atoms with van der Waals surface area (Å²) in [5.74, 6) is 0. The highest BCUT2D eigenvalue weighted by Gasteiger charge is 2.24. The average molecular weight is 619 g/mol. The molecule has 2 aromatic heterocycles. The van der Waals surface area contributed by atoms with E-state index in [0.29, 0.717) is 44.4 Å². The number of rotatable bonds is 2. The number of benzene rings is 9. The molecule has 11 rings (SSSR count). The fourth-order valence-corrected chi connectivity index (χ4v) is 7.67. The van der Waals surface area contributed by atoms with Gasteiger partial charge in [0.1, 0.15) is 22.3 Å². The molecule has 0 spiro atoms. The maximum Gasteiger partial charge on any atom is 0.147 e. The number of para-hydroxylation sites is 2. The van der Waals surface area contributed by atoms with Crippen molar-refractivity contribution in [3.63, 3.8) is 0 Å². The molecule has 0 aliphatic rings. The van der Waals surface area contributed by atoms with E-state index in [1.807, 2.05) is 109 Å². The highest BCUT2D eigenvalue weighted by Crippen LogP contribution is 2.50. The van der Waals surface area contributed by atoms with Gasteiger partial charge in [0.15, 0.2) is 0 Å². The first-order chi connectivity index (χ1) is 27.2. The summed E-state index contributed by atoms with van der Waals surface area (Å²) >= 11 is 0. The lowest BCUT2D eigenvalue weighted by atomic mass is 9.84. The Kier molecular flexibility index (Phi) is 3.85. The van der Waals surface area contributed by atoms with Crippen LogP contribution in [-0.2, 0) is 0 Å². The quantitative estimate of drug-likeness (QED) is 0.142. The first kappa shape index (κ1) is 19.3. The van der Waals surface area contributed by atoms with Crippen molar-refractivity contribution in [3.8, 4) is 22.3 Å². The Labute approximate surface area is 286 Å². The van der Waals surface area contributed by atoms with Gasteiger partial charge in [0.2, 0.25) is 0 Å².